The van der Waals surface area contributed by atoms with E-state index >= 15 is 0 Å². The Morgan fingerprint density at radius 1 is 1.36 bits per heavy atom. The van der Waals surface area contributed by atoms with E-state index in [4.69, 9.17) is 9.63 Å². The van der Waals surface area contributed by atoms with Gasteiger partial charge in [-0.1, -0.05) is 37.3 Å². The number of aromatic nitrogens is 1. The maximum atomic E-state index is 8.82. The molecule has 0 spiro atoms. The third kappa shape index (κ3) is 2.35. The lowest BCUT2D eigenvalue weighted by atomic mass is 9.86. The largest absolute Gasteiger partial charge is 0.388 e. The third-order valence-corrected chi connectivity index (χ3v) is 2.99. The standard InChI is InChI=1S/C11H17NO2/c13-8-11-7-10(12-14-11)6-9-4-2-1-3-5-9/h7,9,13H,1-6,8H2. The molecule has 0 aliphatic heterocycles. The van der Waals surface area contributed by atoms with Crippen LogP contribution in [0.1, 0.15) is 43.6 Å². The number of aliphatic hydroxyl groups excluding tert-OH is 1. The van der Waals surface area contributed by atoms with Crippen LogP contribution in [-0.2, 0) is 13.0 Å². The first-order valence-corrected chi connectivity index (χ1v) is 5.44. The van der Waals surface area contributed by atoms with E-state index in [1.54, 1.807) is 0 Å². The molecule has 0 saturated heterocycles. The van der Waals surface area contributed by atoms with Crippen LogP contribution in [0.4, 0.5) is 0 Å². The van der Waals surface area contributed by atoms with Crippen LogP contribution >= 0.6 is 0 Å². The lowest BCUT2D eigenvalue weighted by Gasteiger charge is -2.19. The predicted octanol–water partition coefficient (Wildman–Crippen LogP) is 2.29. The summed E-state index contributed by atoms with van der Waals surface area (Å²) in [4.78, 5) is 0. The lowest BCUT2D eigenvalue weighted by molar-refractivity contribution is 0.228. The van der Waals surface area contributed by atoms with E-state index in [9.17, 15) is 0 Å². The van der Waals surface area contributed by atoms with Crippen LogP contribution in [0.25, 0.3) is 0 Å². The summed E-state index contributed by atoms with van der Waals surface area (Å²) in [5, 5.41) is 12.8. The maximum absolute atomic E-state index is 8.82. The van der Waals surface area contributed by atoms with E-state index < -0.39 is 0 Å². The fraction of sp³-hybridized carbons (Fsp3) is 0.727. The van der Waals surface area contributed by atoms with Gasteiger partial charge in [0.1, 0.15) is 6.61 Å². The molecular weight excluding hydrogens is 178 g/mol. The molecule has 1 aliphatic carbocycles. The highest BCUT2D eigenvalue weighted by atomic mass is 16.5. The molecule has 14 heavy (non-hydrogen) atoms. The van der Waals surface area contributed by atoms with Crippen LogP contribution in [-0.4, -0.2) is 10.3 Å². The minimum Gasteiger partial charge on any atom is -0.388 e. The second-order valence-electron chi connectivity index (χ2n) is 4.15. The smallest absolute Gasteiger partial charge is 0.162 e. The van der Waals surface area contributed by atoms with E-state index in [0.29, 0.717) is 5.76 Å². The number of hydrogen-bond donors (Lipinski definition) is 1. The highest BCUT2D eigenvalue weighted by Crippen LogP contribution is 2.26. The van der Waals surface area contributed by atoms with Gasteiger partial charge in [0.05, 0.1) is 5.69 Å². The second-order valence-corrected chi connectivity index (χ2v) is 4.15. The summed E-state index contributed by atoms with van der Waals surface area (Å²) in [7, 11) is 0. The van der Waals surface area contributed by atoms with Gasteiger partial charge in [0.15, 0.2) is 5.76 Å². The van der Waals surface area contributed by atoms with Crippen LogP contribution in [0, 0.1) is 5.92 Å². The summed E-state index contributed by atoms with van der Waals surface area (Å²) in [6, 6.07) is 1.87. The number of nitrogens with zero attached hydrogens (tertiary/aromatic N) is 1. The van der Waals surface area contributed by atoms with Crippen LogP contribution in [0.3, 0.4) is 0 Å². The Labute approximate surface area is 84.1 Å². The Bertz CT molecular complexity index is 277. The van der Waals surface area contributed by atoms with Gasteiger partial charge in [-0.25, -0.2) is 0 Å². The molecule has 1 heterocycles. The quantitative estimate of drug-likeness (QED) is 0.804. The van der Waals surface area contributed by atoms with Crippen molar-refractivity contribution in [2.24, 2.45) is 5.92 Å². The van der Waals surface area contributed by atoms with Gasteiger partial charge in [0, 0.05) is 6.07 Å². The van der Waals surface area contributed by atoms with Crippen LogP contribution in [0.15, 0.2) is 10.6 Å². The monoisotopic (exact) mass is 195 g/mol. The SMILES string of the molecule is OCc1cc(CC2CCCCC2)no1. The average molecular weight is 195 g/mol. The molecule has 3 nitrogen and oxygen atoms in total. The first kappa shape index (κ1) is 9.71. The van der Waals surface area contributed by atoms with Gasteiger partial charge in [0.2, 0.25) is 0 Å². The Kier molecular flexibility index (Phi) is 3.19. The van der Waals surface area contributed by atoms with Crippen LogP contribution in [0.2, 0.25) is 0 Å². The third-order valence-electron chi connectivity index (χ3n) is 2.99. The van der Waals surface area contributed by atoms with Crippen molar-refractivity contribution in [1.82, 2.24) is 5.16 Å². The molecule has 1 N–H and O–H groups in total. The zero-order chi connectivity index (χ0) is 9.80. The predicted molar refractivity (Wildman–Crippen MR) is 52.7 cm³/mol. The minimum atomic E-state index is -0.0440. The van der Waals surface area contributed by atoms with Crippen molar-refractivity contribution >= 4 is 0 Å². The molecule has 1 fully saturated rings. The molecule has 2 rings (SSSR count). The van der Waals surface area contributed by atoms with Gasteiger partial charge < -0.3 is 9.63 Å². The van der Waals surface area contributed by atoms with Crippen molar-refractivity contribution in [2.75, 3.05) is 0 Å². The normalized spacial score (nSPS) is 18.6. The van der Waals surface area contributed by atoms with Gasteiger partial charge in [-0.2, -0.15) is 0 Å². The fourth-order valence-electron chi connectivity index (χ4n) is 2.21. The Morgan fingerprint density at radius 2 is 2.14 bits per heavy atom. The van der Waals surface area contributed by atoms with Gasteiger partial charge in [-0.3, -0.25) is 0 Å². The molecule has 78 valence electrons. The second kappa shape index (κ2) is 4.60. The molecule has 0 unspecified atom stereocenters. The molecule has 0 radical (unpaired) electrons. The molecule has 1 aromatic heterocycles. The minimum absolute atomic E-state index is 0.0440. The van der Waals surface area contributed by atoms with Gasteiger partial charge in [0.25, 0.3) is 0 Å². The molecule has 0 aromatic carbocycles. The van der Waals surface area contributed by atoms with E-state index in [-0.39, 0.29) is 6.61 Å². The first-order chi connectivity index (χ1) is 6.88. The summed E-state index contributed by atoms with van der Waals surface area (Å²) < 4.78 is 4.96. The highest BCUT2D eigenvalue weighted by Gasteiger charge is 2.15. The zero-order valence-electron chi connectivity index (χ0n) is 8.41. The number of aliphatic hydroxyl groups is 1. The molecule has 3 heteroatoms. The topological polar surface area (TPSA) is 46.3 Å². The van der Waals surface area contributed by atoms with Crippen LogP contribution in [0.5, 0.6) is 0 Å². The number of rotatable bonds is 3. The highest BCUT2D eigenvalue weighted by molar-refractivity contribution is 5.05. The van der Waals surface area contributed by atoms with Gasteiger partial charge in [-0.05, 0) is 12.3 Å². The number of hydrogen-bond acceptors (Lipinski definition) is 3. The molecule has 1 aromatic rings. The van der Waals surface area contributed by atoms with Gasteiger partial charge in [-0.15, -0.1) is 0 Å². The summed E-state index contributed by atoms with van der Waals surface area (Å²) in [5.41, 5.74) is 1.00. The van der Waals surface area contributed by atoms with E-state index in [1.807, 2.05) is 6.07 Å². The molecule has 0 bridgehead atoms. The van der Waals surface area contributed by atoms with Crippen molar-refractivity contribution in [3.05, 3.63) is 17.5 Å². The average Bonchev–Trinajstić information content (AvgIpc) is 2.67. The Balaban J connectivity index is 1.89. The van der Waals surface area contributed by atoms with Gasteiger partial charge >= 0.3 is 0 Å². The Hall–Kier alpha value is -0.830. The van der Waals surface area contributed by atoms with E-state index in [2.05, 4.69) is 5.16 Å². The molecule has 0 amide bonds. The summed E-state index contributed by atoms with van der Waals surface area (Å²) >= 11 is 0. The van der Waals surface area contributed by atoms with E-state index in [0.717, 1.165) is 18.0 Å². The maximum Gasteiger partial charge on any atom is 0.162 e. The molecular formula is C11H17NO2. The first-order valence-electron chi connectivity index (χ1n) is 5.44. The summed E-state index contributed by atoms with van der Waals surface area (Å²) in [6.07, 6.45) is 7.76. The molecule has 1 aliphatic rings. The lowest BCUT2D eigenvalue weighted by Crippen LogP contribution is -2.09. The molecule has 1 saturated carbocycles. The van der Waals surface area contributed by atoms with Crippen molar-refractivity contribution in [3.63, 3.8) is 0 Å². The summed E-state index contributed by atoms with van der Waals surface area (Å²) in [5.74, 6) is 1.36. The van der Waals surface area contributed by atoms with Crippen molar-refractivity contribution < 1.29 is 9.63 Å². The van der Waals surface area contributed by atoms with Crippen LogP contribution < -0.4 is 0 Å². The Morgan fingerprint density at radius 3 is 2.79 bits per heavy atom. The summed E-state index contributed by atoms with van der Waals surface area (Å²) in [6.45, 7) is -0.0440. The van der Waals surface area contributed by atoms with Crippen molar-refractivity contribution in [2.45, 2.75) is 45.1 Å². The fourth-order valence-corrected chi connectivity index (χ4v) is 2.21. The zero-order valence-corrected chi connectivity index (χ0v) is 8.41. The molecule has 0 atom stereocenters. The van der Waals surface area contributed by atoms with Crippen molar-refractivity contribution in [1.29, 1.82) is 0 Å². The van der Waals surface area contributed by atoms with Crippen molar-refractivity contribution in [3.8, 4) is 0 Å². The van der Waals surface area contributed by atoms with E-state index in [1.165, 1.54) is 32.1 Å².